The molecule has 3 heteroatoms. The maximum absolute atomic E-state index is 5.95. The van der Waals surface area contributed by atoms with Gasteiger partial charge in [-0.1, -0.05) is 0 Å². The second-order valence-electron chi connectivity index (χ2n) is 3.98. The minimum Gasteiger partial charge on any atom is -0.469 e. The van der Waals surface area contributed by atoms with E-state index in [1.807, 2.05) is 0 Å². The van der Waals surface area contributed by atoms with Gasteiger partial charge in [0.1, 0.15) is 5.76 Å². The molecule has 0 spiro atoms. The number of fused-ring (bicyclic) bond motifs is 1. The number of furan rings is 1. The minimum atomic E-state index is 0.242. The highest BCUT2D eigenvalue weighted by molar-refractivity contribution is 5.25. The number of hydrogen-bond acceptors (Lipinski definition) is 3. The molecular formula is C10H16N2O. The highest BCUT2D eigenvalue weighted by atomic mass is 16.3. The Bertz CT molecular complexity index is 293. The lowest BCUT2D eigenvalue weighted by molar-refractivity contribution is 0.246. The molecule has 2 N–H and O–H groups in total. The van der Waals surface area contributed by atoms with Crippen LogP contribution in [0.3, 0.4) is 0 Å². The summed E-state index contributed by atoms with van der Waals surface area (Å²) in [5, 5.41) is 0. The van der Waals surface area contributed by atoms with Crippen molar-refractivity contribution in [3.63, 3.8) is 0 Å². The molecule has 2 rings (SSSR count). The minimum absolute atomic E-state index is 0.242. The molecule has 0 bridgehead atoms. The van der Waals surface area contributed by atoms with Crippen molar-refractivity contribution in [1.82, 2.24) is 4.90 Å². The van der Waals surface area contributed by atoms with Crippen LogP contribution in [0, 0.1) is 0 Å². The van der Waals surface area contributed by atoms with Crippen LogP contribution in [-0.2, 0) is 6.42 Å². The molecule has 0 saturated carbocycles. The highest BCUT2D eigenvalue weighted by Crippen LogP contribution is 2.32. The van der Waals surface area contributed by atoms with Gasteiger partial charge in [0, 0.05) is 24.1 Å². The highest BCUT2D eigenvalue weighted by Gasteiger charge is 2.28. The Balaban J connectivity index is 2.32. The third-order valence-electron chi connectivity index (χ3n) is 2.74. The molecule has 0 aliphatic heterocycles. The number of nitrogens with two attached hydrogens (primary N) is 1. The summed E-state index contributed by atoms with van der Waals surface area (Å²) in [7, 11) is 4.17. The fraction of sp³-hybridized carbons (Fsp3) is 0.600. The molecule has 2 atom stereocenters. The van der Waals surface area contributed by atoms with E-state index in [1.54, 1.807) is 6.26 Å². The summed E-state index contributed by atoms with van der Waals surface area (Å²) in [6.07, 6.45) is 3.67. The molecule has 3 nitrogen and oxygen atoms in total. The van der Waals surface area contributed by atoms with E-state index in [1.165, 1.54) is 5.56 Å². The van der Waals surface area contributed by atoms with Gasteiger partial charge in [-0.05, 0) is 26.6 Å². The third kappa shape index (κ3) is 1.49. The molecular weight excluding hydrogens is 164 g/mol. The molecule has 72 valence electrons. The summed E-state index contributed by atoms with van der Waals surface area (Å²) in [6, 6.07) is 2.73. The zero-order valence-corrected chi connectivity index (χ0v) is 8.16. The molecule has 13 heavy (non-hydrogen) atoms. The summed E-state index contributed by atoms with van der Waals surface area (Å²) >= 11 is 0. The predicted molar refractivity (Wildman–Crippen MR) is 51.4 cm³/mol. The first-order chi connectivity index (χ1) is 6.18. The van der Waals surface area contributed by atoms with Crippen LogP contribution in [0.15, 0.2) is 16.7 Å². The zero-order valence-electron chi connectivity index (χ0n) is 8.16. The average molecular weight is 180 g/mol. The second kappa shape index (κ2) is 3.16. The normalized spacial score (nSPS) is 27.7. The van der Waals surface area contributed by atoms with Crippen LogP contribution in [0.25, 0.3) is 0 Å². The molecule has 0 radical (unpaired) electrons. The molecule has 2 unspecified atom stereocenters. The smallest absolute Gasteiger partial charge is 0.110 e. The van der Waals surface area contributed by atoms with Crippen LogP contribution < -0.4 is 5.73 Å². The first kappa shape index (κ1) is 8.78. The van der Waals surface area contributed by atoms with Crippen molar-refractivity contribution in [2.75, 3.05) is 14.1 Å². The maximum Gasteiger partial charge on any atom is 0.110 e. The largest absolute Gasteiger partial charge is 0.469 e. The first-order valence-corrected chi connectivity index (χ1v) is 4.66. The van der Waals surface area contributed by atoms with Gasteiger partial charge in [0.15, 0.2) is 0 Å². The summed E-state index contributed by atoms with van der Waals surface area (Å²) in [5.74, 6) is 1.07. The summed E-state index contributed by atoms with van der Waals surface area (Å²) in [4.78, 5) is 2.20. The fourth-order valence-electron chi connectivity index (χ4n) is 2.04. The lowest BCUT2D eigenvalue weighted by Crippen LogP contribution is -2.35. The standard InChI is InChI=1S/C10H16N2O/c1-12(2)9-5-7(11)6-10-8(9)3-4-13-10/h3-4,7,9H,5-6,11H2,1-2H3. The Morgan fingerprint density at radius 1 is 1.54 bits per heavy atom. The quantitative estimate of drug-likeness (QED) is 0.705. The van der Waals surface area contributed by atoms with Gasteiger partial charge in [0.25, 0.3) is 0 Å². The Morgan fingerprint density at radius 3 is 3.00 bits per heavy atom. The van der Waals surface area contributed by atoms with Gasteiger partial charge in [-0.15, -0.1) is 0 Å². The van der Waals surface area contributed by atoms with Gasteiger partial charge in [-0.2, -0.15) is 0 Å². The van der Waals surface area contributed by atoms with Crippen LogP contribution in [0.1, 0.15) is 23.8 Å². The van der Waals surface area contributed by atoms with E-state index in [0.717, 1.165) is 18.6 Å². The molecule has 1 aromatic rings. The van der Waals surface area contributed by atoms with Crippen LogP contribution in [0.2, 0.25) is 0 Å². The summed E-state index contributed by atoms with van der Waals surface area (Å²) in [5.41, 5.74) is 7.26. The molecule has 0 aromatic carbocycles. The van der Waals surface area contributed by atoms with Crippen LogP contribution in [0.4, 0.5) is 0 Å². The fourth-order valence-corrected chi connectivity index (χ4v) is 2.04. The van der Waals surface area contributed by atoms with Crippen LogP contribution in [0.5, 0.6) is 0 Å². The van der Waals surface area contributed by atoms with Crippen molar-refractivity contribution in [3.8, 4) is 0 Å². The van der Waals surface area contributed by atoms with Gasteiger partial charge < -0.3 is 15.1 Å². The van der Waals surface area contributed by atoms with Crippen molar-refractivity contribution < 1.29 is 4.42 Å². The van der Waals surface area contributed by atoms with Crippen molar-refractivity contribution >= 4 is 0 Å². The van der Waals surface area contributed by atoms with Gasteiger partial charge in [0.2, 0.25) is 0 Å². The molecule has 1 aliphatic rings. The van der Waals surface area contributed by atoms with E-state index in [-0.39, 0.29) is 6.04 Å². The van der Waals surface area contributed by atoms with E-state index in [4.69, 9.17) is 10.2 Å². The Morgan fingerprint density at radius 2 is 2.31 bits per heavy atom. The third-order valence-corrected chi connectivity index (χ3v) is 2.74. The Hall–Kier alpha value is -0.800. The molecule has 1 aliphatic carbocycles. The van der Waals surface area contributed by atoms with E-state index in [9.17, 15) is 0 Å². The van der Waals surface area contributed by atoms with E-state index in [2.05, 4.69) is 25.1 Å². The molecule has 1 heterocycles. The van der Waals surface area contributed by atoms with Crippen molar-refractivity contribution in [1.29, 1.82) is 0 Å². The average Bonchev–Trinajstić information content (AvgIpc) is 2.49. The number of nitrogens with zero attached hydrogens (tertiary/aromatic N) is 1. The van der Waals surface area contributed by atoms with Crippen molar-refractivity contribution in [3.05, 3.63) is 23.7 Å². The summed E-state index contributed by atoms with van der Waals surface area (Å²) < 4.78 is 5.40. The van der Waals surface area contributed by atoms with E-state index < -0.39 is 0 Å². The van der Waals surface area contributed by atoms with Gasteiger partial charge in [-0.3, -0.25) is 0 Å². The summed E-state index contributed by atoms with van der Waals surface area (Å²) in [6.45, 7) is 0. The lowest BCUT2D eigenvalue weighted by Gasteiger charge is -2.30. The molecule has 0 fully saturated rings. The van der Waals surface area contributed by atoms with E-state index >= 15 is 0 Å². The van der Waals surface area contributed by atoms with Gasteiger partial charge in [0.05, 0.1) is 6.26 Å². The van der Waals surface area contributed by atoms with E-state index in [0.29, 0.717) is 6.04 Å². The predicted octanol–water partition coefficient (Wildman–Crippen LogP) is 1.16. The second-order valence-corrected chi connectivity index (χ2v) is 3.98. The van der Waals surface area contributed by atoms with Crippen LogP contribution in [-0.4, -0.2) is 25.0 Å². The van der Waals surface area contributed by atoms with Crippen molar-refractivity contribution in [2.24, 2.45) is 5.73 Å². The lowest BCUT2D eigenvalue weighted by atomic mass is 9.89. The van der Waals surface area contributed by atoms with Crippen LogP contribution >= 0.6 is 0 Å². The zero-order chi connectivity index (χ0) is 9.42. The number of hydrogen-bond donors (Lipinski definition) is 1. The molecule has 1 aromatic heterocycles. The van der Waals surface area contributed by atoms with Gasteiger partial charge >= 0.3 is 0 Å². The Kier molecular flexibility index (Phi) is 2.14. The topological polar surface area (TPSA) is 42.4 Å². The van der Waals surface area contributed by atoms with Gasteiger partial charge in [-0.25, -0.2) is 0 Å². The Labute approximate surface area is 78.5 Å². The molecule has 0 amide bonds. The monoisotopic (exact) mass is 180 g/mol. The van der Waals surface area contributed by atoms with Crippen molar-refractivity contribution in [2.45, 2.75) is 24.9 Å². The molecule has 0 saturated heterocycles. The number of rotatable bonds is 1. The maximum atomic E-state index is 5.95. The SMILES string of the molecule is CN(C)C1CC(N)Cc2occc21. The first-order valence-electron chi connectivity index (χ1n) is 4.66.